The van der Waals surface area contributed by atoms with E-state index in [1.165, 1.54) is 6.33 Å². The van der Waals surface area contributed by atoms with Crippen molar-refractivity contribution < 1.29 is 5.11 Å². The maximum atomic E-state index is 9.61. The standard InChI is InChI=1S/C18H13Cl2N5O/c19-14-5-2-6-15(20)13(14)8-25-10-23-17(16-18(25)22-9-21-16)24-11-3-1-4-12(26)7-11/h1-7,9-10,24,26H,8H2. The van der Waals surface area contributed by atoms with E-state index in [0.717, 1.165) is 5.56 Å². The number of phenolic OH excluding ortho intramolecular Hbond substituents is 1. The maximum absolute atomic E-state index is 9.61. The van der Waals surface area contributed by atoms with E-state index in [1.54, 1.807) is 42.7 Å². The normalized spacial score (nSPS) is 11.0. The van der Waals surface area contributed by atoms with Gasteiger partial charge in [0.1, 0.15) is 12.1 Å². The molecule has 2 aromatic carbocycles. The van der Waals surface area contributed by atoms with Gasteiger partial charge in [-0.3, -0.25) is 0 Å². The second-order valence-corrected chi connectivity index (χ2v) is 6.46. The first-order valence-electron chi connectivity index (χ1n) is 7.76. The lowest BCUT2D eigenvalue weighted by Gasteiger charge is -2.15. The molecule has 2 N–H and O–H groups in total. The highest BCUT2D eigenvalue weighted by molar-refractivity contribution is 6.35. The van der Waals surface area contributed by atoms with Crippen molar-refractivity contribution in [3.05, 3.63) is 70.7 Å². The molecule has 2 heterocycles. The lowest BCUT2D eigenvalue weighted by Crippen LogP contribution is -2.10. The molecule has 6 nitrogen and oxygen atoms in total. The van der Waals surface area contributed by atoms with E-state index in [1.807, 2.05) is 10.6 Å². The Balaban J connectivity index is 1.70. The maximum Gasteiger partial charge on any atom is 0.165 e. The van der Waals surface area contributed by atoms with Crippen LogP contribution < -0.4 is 5.32 Å². The van der Waals surface area contributed by atoms with Crippen molar-refractivity contribution >= 4 is 34.7 Å². The molecule has 0 unspecified atom stereocenters. The second-order valence-electron chi connectivity index (χ2n) is 5.64. The van der Waals surface area contributed by atoms with E-state index in [-0.39, 0.29) is 5.75 Å². The number of hydrogen-bond donors (Lipinski definition) is 2. The van der Waals surface area contributed by atoms with Gasteiger partial charge in [-0.2, -0.15) is 0 Å². The summed E-state index contributed by atoms with van der Waals surface area (Å²) in [5.74, 6) is 1.36. The monoisotopic (exact) mass is 385 g/mol. The van der Waals surface area contributed by atoms with E-state index >= 15 is 0 Å². The first-order chi connectivity index (χ1) is 12.6. The zero-order valence-electron chi connectivity index (χ0n) is 13.4. The van der Waals surface area contributed by atoms with E-state index in [2.05, 4.69) is 20.3 Å². The Bertz CT molecular complexity index is 1030. The predicted molar refractivity (Wildman–Crippen MR) is 101 cm³/mol. The van der Waals surface area contributed by atoms with Gasteiger partial charge in [0.05, 0.1) is 12.9 Å². The van der Waals surface area contributed by atoms with Gasteiger partial charge in [-0.05, 0) is 24.3 Å². The molecule has 2 aromatic rings. The Kier molecular flexibility index (Phi) is 4.36. The number of benzene rings is 2. The molecule has 0 atom stereocenters. The third kappa shape index (κ3) is 3.16. The number of phenols is 1. The Morgan fingerprint density at radius 2 is 1.77 bits per heavy atom. The number of hydrogen-bond acceptors (Lipinski definition) is 5. The topological polar surface area (TPSA) is 75.9 Å². The molecule has 8 heteroatoms. The van der Waals surface area contributed by atoms with Gasteiger partial charge < -0.3 is 15.0 Å². The van der Waals surface area contributed by atoms with Crippen LogP contribution in [0.4, 0.5) is 11.5 Å². The molecule has 0 aromatic heterocycles. The van der Waals surface area contributed by atoms with Crippen LogP contribution in [0.5, 0.6) is 5.75 Å². The highest BCUT2D eigenvalue weighted by Crippen LogP contribution is 2.30. The number of anilines is 2. The SMILES string of the molecule is Oc1cccc(Nc2ncn(Cc3c(Cl)cccc3Cl)c3ncnc2-3)c1. The Morgan fingerprint density at radius 3 is 2.54 bits per heavy atom. The lowest BCUT2D eigenvalue weighted by molar-refractivity contribution is 0.475. The number of nitrogens with one attached hydrogen (secondary N) is 1. The van der Waals surface area contributed by atoms with Crippen molar-refractivity contribution in [1.29, 1.82) is 0 Å². The summed E-state index contributed by atoms with van der Waals surface area (Å²) < 4.78 is 1.84. The molecule has 0 saturated heterocycles. The molecule has 130 valence electrons. The summed E-state index contributed by atoms with van der Waals surface area (Å²) in [6, 6.07) is 12.2. The molecular weight excluding hydrogens is 373 g/mol. The fraction of sp³-hybridized carbons (Fsp3) is 0.0556. The van der Waals surface area contributed by atoms with Crippen LogP contribution in [0, 0.1) is 0 Å². The first-order valence-corrected chi connectivity index (χ1v) is 8.52. The smallest absolute Gasteiger partial charge is 0.165 e. The van der Waals surface area contributed by atoms with Gasteiger partial charge in [0.15, 0.2) is 17.3 Å². The number of rotatable bonds is 4. The summed E-state index contributed by atoms with van der Waals surface area (Å²) in [4.78, 5) is 13.1. The molecule has 2 aliphatic heterocycles. The molecule has 0 fully saturated rings. The van der Waals surface area contributed by atoms with Crippen LogP contribution in [-0.4, -0.2) is 24.6 Å². The molecule has 0 saturated carbocycles. The third-order valence-electron chi connectivity index (χ3n) is 3.90. The number of imidazole rings is 1. The summed E-state index contributed by atoms with van der Waals surface area (Å²) in [5.41, 5.74) is 2.10. The number of aromatic hydroxyl groups is 1. The van der Waals surface area contributed by atoms with Crippen LogP contribution >= 0.6 is 23.2 Å². The van der Waals surface area contributed by atoms with Gasteiger partial charge in [-0.25, -0.2) is 15.0 Å². The van der Waals surface area contributed by atoms with Gasteiger partial charge in [-0.1, -0.05) is 35.3 Å². The minimum atomic E-state index is 0.166. The van der Waals surface area contributed by atoms with Crippen LogP contribution in [0.1, 0.15) is 5.56 Å². The van der Waals surface area contributed by atoms with Crippen LogP contribution in [0.3, 0.4) is 0 Å². The van der Waals surface area contributed by atoms with Gasteiger partial charge in [0, 0.05) is 27.4 Å². The summed E-state index contributed by atoms with van der Waals surface area (Å²) >= 11 is 12.5. The lowest BCUT2D eigenvalue weighted by atomic mass is 10.2. The molecule has 0 amide bonds. The summed E-state index contributed by atoms with van der Waals surface area (Å²) in [6.07, 6.45) is 3.13. The van der Waals surface area contributed by atoms with Crippen molar-refractivity contribution in [2.45, 2.75) is 6.54 Å². The highest BCUT2D eigenvalue weighted by Gasteiger charge is 2.18. The van der Waals surface area contributed by atoms with Crippen molar-refractivity contribution in [3.8, 4) is 17.3 Å². The number of fused-ring (bicyclic) bond motifs is 1. The third-order valence-corrected chi connectivity index (χ3v) is 4.61. The minimum Gasteiger partial charge on any atom is -0.508 e. The fourth-order valence-corrected chi connectivity index (χ4v) is 3.18. The van der Waals surface area contributed by atoms with Crippen molar-refractivity contribution in [1.82, 2.24) is 19.5 Å². The summed E-state index contributed by atoms with van der Waals surface area (Å²) in [5, 5.41) is 13.9. The average Bonchev–Trinajstić information content (AvgIpc) is 3.10. The Morgan fingerprint density at radius 1 is 1.00 bits per heavy atom. The van der Waals surface area contributed by atoms with Crippen LogP contribution in [0.2, 0.25) is 10.0 Å². The van der Waals surface area contributed by atoms with Gasteiger partial charge in [-0.15, -0.1) is 0 Å². The minimum absolute atomic E-state index is 0.166. The highest BCUT2D eigenvalue weighted by atomic mass is 35.5. The molecule has 0 radical (unpaired) electrons. The molecule has 0 aliphatic carbocycles. The largest absolute Gasteiger partial charge is 0.508 e. The van der Waals surface area contributed by atoms with Gasteiger partial charge in [0.2, 0.25) is 0 Å². The Labute approximate surface area is 159 Å². The second kappa shape index (κ2) is 6.82. The van der Waals surface area contributed by atoms with Crippen LogP contribution in [0.15, 0.2) is 55.1 Å². The number of halogens is 2. The van der Waals surface area contributed by atoms with Crippen molar-refractivity contribution in [2.75, 3.05) is 5.32 Å². The molecule has 4 rings (SSSR count). The van der Waals surface area contributed by atoms with Gasteiger partial charge >= 0.3 is 0 Å². The van der Waals surface area contributed by atoms with Gasteiger partial charge in [0.25, 0.3) is 0 Å². The van der Waals surface area contributed by atoms with Crippen molar-refractivity contribution in [2.24, 2.45) is 0 Å². The fourth-order valence-electron chi connectivity index (χ4n) is 2.66. The molecule has 2 aliphatic rings. The zero-order chi connectivity index (χ0) is 18.1. The first kappa shape index (κ1) is 16.6. The summed E-state index contributed by atoms with van der Waals surface area (Å²) in [6.45, 7) is 0.424. The van der Waals surface area contributed by atoms with Crippen LogP contribution in [0.25, 0.3) is 11.5 Å². The zero-order valence-corrected chi connectivity index (χ0v) is 14.9. The quantitative estimate of drug-likeness (QED) is 0.537. The molecule has 26 heavy (non-hydrogen) atoms. The predicted octanol–water partition coefficient (Wildman–Crippen LogP) is 4.58. The average molecular weight is 386 g/mol. The molecule has 0 spiro atoms. The van der Waals surface area contributed by atoms with E-state index in [4.69, 9.17) is 23.2 Å². The van der Waals surface area contributed by atoms with E-state index in [0.29, 0.717) is 39.6 Å². The van der Waals surface area contributed by atoms with Crippen molar-refractivity contribution in [3.63, 3.8) is 0 Å². The van der Waals surface area contributed by atoms with E-state index < -0.39 is 0 Å². The number of aromatic nitrogens is 4. The molecule has 0 bridgehead atoms. The van der Waals surface area contributed by atoms with Crippen LogP contribution in [-0.2, 0) is 6.54 Å². The van der Waals surface area contributed by atoms with E-state index in [9.17, 15) is 5.11 Å². The Hall–Kier alpha value is -2.83. The summed E-state index contributed by atoms with van der Waals surface area (Å²) in [7, 11) is 0. The number of nitrogens with zero attached hydrogens (tertiary/aromatic N) is 4. The molecular formula is C18H13Cl2N5O.